The smallest absolute Gasteiger partial charge is 0.310 e. The molecule has 0 fully saturated rings. The summed E-state index contributed by atoms with van der Waals surface area (Å²) in [6.45, 7) is 8.96. The van der Waals surface area contributed by atoms with Crippen LogP contribution in [0, 0.1) is 25.2 Å². The van der Waals surface area contributed by atoms with Gasteiger partial charge in [0.2, 0.25) is 0 Å². The van der Waals surface area contributed by atoms with Gasteiger partial charge in [-0.3, -0.25) is 9.59 Å². The molecule has 3 aromatic rings. The van der Waals surface area contributed by atoms with Gasteiger partial charge in [0, 0.05) is 5.39 Å². The molecule has 0 amide bonds. The van der Waals surface area contributed by atoms with Crippen LogP contribution in [-0.4, -0.2) is 29.7 Å². The molecule has 1 aromatic heterocycles. The lowest BCUT2D eigenvalue weighted by molar-refractivity contribution is -0.153. The van der Waals surface area contributed by atoms with E-state index >= 15 is 0 Å². The zero-order chi connectivity index (χ0) is 24.6. The summed E-state index contributed by atoms with van der Waals surface area (Å²) < 4.78 is 33.6. The number of rotatable bonds is 6. The third-order valence-electron chi connectivity index (χ3n) is 5.05. The minimum atomic E-state index is -4.15. The molecule has 0 radical (unpaired) electrons. The maximum Gasteiger partial charge on any atom is 0.310 e. The van der Waals surface area contributed by atoms with Gasteiger partial charge in [-0.2, -0.15) is 5.26 Å². The number of hydrogen-bond acceptors (Lipinski definition) is 6. The molecule has 0 aliphatic rings. The highest BCUT2D eigenvalue weighted by Gasteiger charge is 2.27. The Kier molecular flexibility index (Phi) is 6.48. The lowest BCUT2D eigenvalue weighted by Crippen LogP contribution is -2.25. The van der Waals surface area contributed by atoms with Crippen LogP contribution in [0.25, 0.3) is 10.9 Å². The van der Waals surface area contributed by atoms with Gasteiger partial charge in [0.15, 0.2) is 5.78 Å². The van der Waals surface area contributed by atoms with Crippen LogP contribution in [0.1, 0.15) is 54.4 Å². The van der Waals surface area contributed by atoms with Gasteiger partial charge in [0.25, 0.3) is 10.0 Å². The largest absolute Gasteiger partial charge is 0.460 e. The molecule has 1 heterocycles. The van der Waals surface area contributed by atoms with E-state index in [0.29, 0.717) is 10.9 Å². The summed E-state index contributed by atoms with van der Waals surface area (Å²) in [5.41, 5.74) is 1.76. The summed E-state index contributed by atoms with van der Waals surface area (Å²) in [7, 11) is -4.15. The van der Waals surface area contributed by atoms with Crippen molar-refractivity contribution >= 4 is 32.7 Å². The quantitative estimate of drug-likeness (QED) is 0.392. The van der Waals surface area contributed by atoms with Gasteiger partial charge >= 0.3 is 5.97 Å². The number of aromatic nitrogens is 1. The topological polar surface area (TPSA) is 106 Å². The Morgan fingerprint density at radius 2 is 1.70 bits per heavy atom. The summed E-state index contributed by atoms with van der Waals surface area (Å²) in [5.74, 6) is -1.04. The molecule has 0 saturated heterocycles. The number of hydrogen-bond donors (Lipinski definition) is 0. The van der Waals surface area contributed by atoms with E-state index in [1.54, 1.807) is 51.1 Å². The van der Waals surface area contributed by atoms with Crippen molar-refractivity contribution in [2.45, 2.75) is 58.0 Å². The van der Waals surface area contributed by atoms with Gasteiger partial charge in [-0.05, 0) is 76.1 Å². The fourth-order valence-corrected chi connectivity index (χ4v) is 5.06. The number of benzene rings is 2. The van der Waals surface area contributed by atoms with Crippen molar-refractivity contribution in [3.63, 3.8) is 0 Å². The monoisotopic (exact) mass is 466 g/mol. The summed E-state index contributed by atoms with van der Waals surface area (Å²) >= 11 is 0. The zero-order valence-electron chi connectivity index (χ0n) is 19.3. The number of carbonyl (C=O) groups is 2. The van der Waals surface area contributed by atoms with Crippen LogP contribution >= 0.6 is 0 Å². The second-order valence-corrected chi connectivity index (χ2v) is 10.8. The average Bonchev–Trinajstić information content (AvgIpc) is 3.06. The second-order valence-electron chi connectivity index (χ2n) is 8.97. The maximum atomic E-state index is 13.6. The molecule has 0 aliphatic carbocycles. The minimum Gasteiger partial charge on any atom is -0.460 e. The molecule has 3 rings (SSSR count). The average molecular weight is 467 g/mol. The Hall–Kier alpha value is -3.44. The van der Waals surface area contributed by atoms with E-state index in [2.05, 4.69) is 0 Å². The predicted octanol–water partition coefficient (Wildman–Crippen LogP) is 4.48. The van der Waals surface area contributed by atoms with Crippen LogP contribution in [-0.2, 0) is 26.0 Å². The molecule has 2 aromatic carbocycles. The zero-order valence-corrected chi connectivity index (χ0v) is 20.1. The highest BCUT2D eigenvalue weighted by molar-refractivity contribution is 7.90. The minimum absolute atomic E-state index is 0.0193. The normalized spacial score (nSPS) is 11.9. The van der Waals surface area contributed by atoms with Crippen LogP contribution in [0.2, 0.25) is 0 Å². The number of nitriles is 1. The maximum absolute atomic E-state index is 13.6. The Bertz CT molecular complexity index is 1390. The van der Waals surface area contributed by atoms with Gasteiger partial charge in [-0.15, -0.1) is 0 Å². The first kappa shape index (κ1) is 24.2. The van der Waals surface area contributed by atoms with Crippen molar-refractivity contribution in [2.24, 2.45) is 0 Å². The Labute approximate surface area is 193 Å². The highest BCUT2D eigenvalue weighted by atomic mass is 32.2. The lowest BCUT2D eigenvalue weighted by atomic mass is 10.0. The third kappa shape index (κ3) is 5.15. The van der Waals surface area contributed by atoms with Gasteiger partial charge < -0.3 is 4.74 Å². The Balaban J connectivity index is 2.23. The molecule has 7 nitrogen and oxygen atoms in total. The van der Waals surface area contributed by atoms with Crippen molar-refractivity contribution in [3.8, 4) is 6.07 Å². The molecule has 0 atom stereocenters. The van der Waals surface area contributed by atoms with Crippen molar-refractivity contribution in [1.82, 2.24) is 3.97 Å². The first-order chi connectivity index (χ1) is 15.3. The van der Waals surface area contributed by atoms with E-state index in [0.717, 1.165) is 15.1 Å². The summed E-state index contributed by atoms with van der Waals surface area (Å²) in [6, 6.07) is 12.9. The summed E-state index contributed by atoms with van der Waals surface area (Å²) in [5, 5.41) is 9.54. The van der Waals surface area contributed by atoms with E-state index < -0.39 is 33.8 Å². The fourth-order valence-electron chi connectivity index (χ4n) is 3.54. The molecule has 33 heavy (non-hydrogen) atoms. The number of aryl methyl sites for hydroxylation is 2. The van der Waals surface area contributed by atoms with E-state index in [4.69, 9.17) is 10.00 Å². The molecule has 0 aliphatic heterocycles. The van der Waals surface area contributed by atoms with E-state index in [1.165, 1.54) is 18.2 Å². The number of ether oxygens (including phenoxy) is 1. The van der Waals surface area contributed by atoms with Gasteiger partial charge in [-0.1, -0.05) is 17.7 Å². The van der Waals surface area contributed by atoms with Gasteiger partial charge in [-0.25, -0.2) is 12.4 Å². The molecular formula is C25H26N2O5S. The number of fused-ring (bicyclic) bond motifs is 1. The van der Waals surface area contributed by atoms with Crippen molar-refractivity contribution < 1.29 is 22.7 Å². The third-order valence-corrected chi connectivity index (χ3v) is 6.80. The van der Waals surface area contributed by atoms with Crippen LogP contribution in [0.4, 0.5) is 0 Å². The Morgan fingerprint density at radius 1 is 1.06 bits per heavy atom. The number of ketones is 1. The Morgan fingerprint density at radius 3 is 2.27 bits per heavy atom. The first-order valence-corrected chi connectivity index (χ1v) is 11.9. The second kappa shape index (κ2) is 8.83. The summed E-state index contributed by atoms with van der Waals surface area (Å²) in [6.07, 6.45) is -0.500. The van der Waals surface area contributed by atoms with Crippen LogP contribution in [0.5, 0.6) is 0 Å². The molecular weight excluding hydrogens is 440 g/mol. The molecule has 0 N–H and O–H groups in total. The molecule has 0 spiro atoms. The standard InChI is InChI=1S/C25H26N2O5S/c1-16-6-8-20(9-7-16)33(30,31)27-21-13-18(15-24(29)32-25(3,4)5)17(2)12-19(21)14-22(27)23(28)10-11-26/h6-9,12-14H,10,15H2,1-5H3. The van der Waals surface area contributed by atoms with Crippen LogP contribution in [0.15, 0.2) is 47.4 Å². The molecule has 172 valence electrons. The first-order valence-electron chi connectivity index (χ1n) is 10.4. The number of Topliss-reactive ketones (excluding diaryl/α,β-unsaturated/α-hetero) is 1. The molecule has 0 unspecified atom stereocenters. The molecule has 0 saturated carbocycles. The van der Waals surface area contributed by atoms with Gasteiger partial charge in [0.1, 0.15) is 17.7 Å². The SMILES string of the molecule is Cc1ccc(S(=O)(=O)n2c(C(=O)CC#N)cc3cc(C)c(CC(=O)OC(C)(C)C)cc32)cc1. The highest BCUT2D eigenvalue weighted by Crippen LogP contribution is 2.30. The predicted molar refractivity (Wildman–Crippen MR) is 125 cm³/mol. The van der Waals surface area contributed by atoms with E-state index in [9.17, 15) is 18.0 Å². The summed E-state index contributed by atoms with van der Waals surface area (Å²) in [4.78, 5) is 25.1. The number of nitrogens with zero attached hydrogens (tertiary/aromatic N) is 2. The lowest BCUT2D eigenvalue weighted by Gasteiger charge is -2.20. The van der Waals surface area contributed by atoms with E-state index in [-0.39, 0.29) is 22.5 Å². The van der Waals surface area contributed by atoms with Crippen molar-refractivity contribution in [3.05, 3.63) is 64.8 Å². The van der Waals surface area contributed by atoms with Crippen LogP contribution < -0.4 is 0 Å². The molecule has 8 heteroatoms. The van der Waals surface area contributed by atoms with Gasteiger partial charge in [0.05, 0.1) is 22.9 Å². The fraction of sp³-hybridized carbons (Fsp3) is 0.320. The van der Waals surface area contributed by atoms with E-state index in [1.807, 2.05) is 13.8 Å². The van der Waals surface area contributed by atoms with Crippen LogP contribution in [0.3, 0.4) is 0 Å². The van der Waals surface area contributed by atoms with Crippen molar-refractivity contribution in [1.29, 1.82) is 5.26 Å². The number of carbonyl (C=O) groups excluding carboxylic acids is 2. The molecule has 0 bridgehead atoms. The van der Waals surface area contributed by atoms with Crippen molar-refractivity contribution in [2.75, 3.05) is 0 Å². The number of esters is 1.